The fourth-order valence-corrected chi connectivity index (χ4v) is 7.64. The highest BCUT2D eigenvalue weighted by Gasteiger charge is 2.15. The molecule has 0 saturated heterocycles. The van der Waals surface area contributed by atoms with Gasteiger partial charge in [-0.2, -0.15) is 0 Å². The van der Waals surface area contributed by atoms with Gasteiger partial charge in [-0.25, -0.2) is 0 Å². The van der Waals surface area contributed by atoms with Crippen LogP contribution in [0.4, 0.5) is 0 Å². The van der Waals surface area contributed by atoms with Crippen molar-refractivity contribution in [1.29, 1.82) is 0 Å². The van der Waals surface area contributed by atoms with E-state index in [2.05, 4.69) is 148 Å². The molecule has 3 nitrogen and oxygen atoms in total. The van der Waals surface area contributed by atoms with E-state index in [9.17, 15) is 0 Å². The van der Waals surface area contributed by atoms with Crippen LogP contribution in [-0.2, 0) is 0 Å². The van der Waals surface area contributed by atoms with E-state index in [1.807, 2.05) is 43.2 Å². The molecule has 10 aromatic rings. The van der Waals surface area contributed by atoms with Crippen molar-refractivity contribution in [1.82, 2.24) is 15.0 Å². The van der Waals surface area contributed by atoms with E-state index in [-0.39, 0.29) is 0 Å². The summed E-state index contributed by atoms with van der Waals surface area (Å²) in [5.41, 5.74) is 11.8. The van der Waals surface area contributed by atoms with Crippen LogP contribution in [0.3, 0.4) is 0 Å². The molecule has 0 aliphatic carbocycles. The van der Waals surface area contributed by atoms with E-state index >= 15 is 0 Å². The molecule has 0 bridgehead atoms. The minimum atomic E-state index is 1.14. The topological polar surface area (TPSA) is 38.7 Å². The number of rotatable bonds is 5. The summed E-state index contributed by atoms with van der Waals surface area (Å²) in [6.45, 7) is 0. The zero-order valence-electron chi connectivity index (χ0n) is 27.1. The Hall–Kier alpha value is -6.71. The van der Waals surface area contributed by atoms with Gasteiger partial charge in [-0.05, 0) is 154 Å². The van der Waals surface area contributed by atoms with Gasteiger partial charge in [0.05, 0.1) is 0 Å². The van der Waals surface area contributed by atoms with Gasteiger partial charge in [0.25, 0.3) is 0 Å². The Morgan fingerprint density at radius 2 is 0.760 bits per heavy atom. The monoisotopic (exact) mass is 635 g/mol. The summed E-state index contributed by atoms with van der Waals surface area (Å²) in [5.74, 6) is 0. The third-order valence-corrected chi connectivity index (χ3v) is 10.1. The van der Waals surface area contributed by atoms with Crippen molar-refractivity contribution in [3.8, 4) is 55.6 Å². The first-order chi connectivity index (χ1) is 24.8. The highest BCUT2D eigenvalue weighted by Crippen LogP contribution is 2.43. The second-order valence-electron chi connectivity index (χ2n) is 12.9. The maximum atomic E-state index is 4.40. The predicted molar refractivity (Wildman–Crippen MR) is 208 cm³/mol. The summed E-state index contributed by atoms with van der Waals surface area (Å²) in [6, 6.07) is 51.0. The minimum Gasteiger partial charge on any atom is -0.265 e. The van der Waals surface area contributed by atoms with Crippen molar-refractivity contribution in [2.24, 2.45) is 0 Å². The Bertz CT molecular complexity index is 2790. The van der Waals surface area contributed by atoms with Crippen molar-refractivity contribution >= 4 is 43.1 Å². The first-order valence-electron chi connectivity index (χ1n) is 16.9. The molecular weight excluding hydrogens is 607 g/mol. The highest BCUT2D eigenvalue weighted by atomic mass is 14.6. The number of pyridine rings is 3. The number of benzene rings is 7. The summed E-state index contributed by atoms with van der Waals surface area (Å²) in [4.78, 5) is 12.9. The largest absolute Gasteiger partial charge is 0.265 e. The summed E-state index contributed by atoms with van der Waals surface area (Å²) < 4.78 is 0. The number of fused-ring (bicyclic) bond motifs is 1. The van der Waals surface area contributed by atoms with Crippen molar-refractivity contribution < 1.29 is 0 Å². The van der Waals surface area contributed by atoms with E-state index in [1.165, 1.54) is 70.9 Å². The van der Waals surface area contributed by atoms with Gasteiger partial charge in [0, 0.05) is 42.7 Å². The van der Waals surface area contributed by atoms with Gasteiger partial charge in [-0.3, -0.25) is 15.0 Å². The molecule has 232 valence electrons. The van der Waals surface area contributed by atoms with Gasteiger partial charge in [-0.15, -0.1) is 0 Å². The van der Waals surface area contributed by atoms with Gasteiger partial charge >= 0.3 is 0 Å². The molecule has 3 heterocycles. The summed E-state index contributed by atoms with van der Waals surface area (Å²) in [5, 5.41) is 10.1. The zero-order valence-corrected chi connectivity index (χ0v) is 27.1. The van der Waals surface area contributed by atoms with Crippen LogP contribution in [0.2, 0.25) is 0 Å². The number of aromatic nitrogens is 3. The van der Waals surface area contributed by atoms with E-state index in [4.69, 9.17) is 0 Å². The normalized spacial score (nSPS) is 11.6. The van der Waals surface area contributed by atoms with E-state index in [0.29, 0.717) is 0 Å². The lowest BCUT2D eigenvalue weighted by molar-refractivity contribution is 1.33. The lowest BCUT2D eigenvalue weighted by Gasteiger charge is -2.17. The molecule has 0 fully saturated rings. The SMILES string of the molecule is c1cncc(-c2ccc3ccc4c(-c5ccc6cc(-c7cc(-c8ccncc8)cc(-c8ccncc8)c7)ccc6c5)ccc5ccc2c3c54)c1. The molecule has 0 amide bonds. The Morgan fingerprint density at radius 1 is 0.280 bits per heavy atom. The van der Waals surface area contributed by atoms with Gasteiger partial charge in [0.15, 0.2) is 0 Å². The van der Waals surface area contributed by atoms with E-state index in [1.54, 1.807) is 0 Å². The van der Waals surface area contributed by atoms with Crippen molar-refractivity contribution in [3.63, 3.8) is 0 Å². The fourth-order valence-electron chi connectivity index (χ4n) is 7.64. The van der Waals surface area contributed by atoms with Gasteiger partial charge in [0.2, 0.25) is 0 Å². The second kappa shape index (κ2) is 11.5. The summed E-state index contributed by atoms with van der Waals surface area (Å²) in [7, 11) is 0. The molecule has 0 radical (unpaired) electrons. The molecule has 3 heteroatoms. The standard InChI is InChI=1S/C47H29N3/c1-2-38(29-50-19-1)43-12-8-33-9-13-44-42(11-7-32-10-14-45(43)47(33)46(32)44)37-6-5-34-24-36(4-3-35(34)25-37)41-27-39(30-15-20-48-21-16-30)26-40(28-41)31-17-22-49-23-18-31/h1-29H. The van der Waals surface area contributed by atoms with Crippen LogP contribution < -0.4 is 0 Å². The molecule has 0 saturated carbocycles. The average Bonchev–Trinajstić information content (AvgIpc) is 3.20. The van der Waals surface area contributed by atoms with Gasteiger partial charge in [-0.1, -0.05) is 78.9 Å². The van der Waals surface area contributed by atoms with E-state index in [0.717, 1.165) is 27.8 Å². The molecule has 7 aromatic carbocycles. The van der Waals surface area contributed by atoms with Crippen LogP contribution in [0.1, 0.15) is 0 Å². The summed E-state index contributed by atoms with van der Waals surface area (Å²) >= 11 is 0. The van der Waals surface area contributed by atoms with Crippen LogP contribution in [0, 0.1) is 0 Å². The number of nitrogens with zero attached hydrogens (tertiary/aromatic N) is 3. The Labute approximate surface area is 289 Å². The molecule has 0 aliphatic heterocycles. The maximum absolute atomic E-state index is 4.40. The Morgan fingerprint density at radius 3 is 1.32 bits per heavy atom. The van der Waals surface area contributed by atoms with Crippen LogP contribution in [-0.4, -0.2) is 15.0 Å². The Kier molecular flexibility index (Phi) is 6.49. The molecule has 50 heavy (non-hydrogen) atoms. The van der Waals surface area contributed by atoms with Gasteiger partial charge in [0.1, 0.15) is 0 Å². The van der Waals surface area contributed by atoms with Crippen molar-refractivity contribution in [2.45, 2.75) is 0 Å². The van der Waals surface area contributed by atoms with Crippen molar-refractivity contribution in [3.05, 3.63) is 177 Å². The molecule has 0 unspecified atom stereocenters. The predicted octanol–water partition coefficient (Wildman–Crippen LogP) is 12.3. The zero-order chi connectivity index (χ0) is 33.0. The molecule has 10 rings (SSSR count). The van der Waals surface area contributed by atoms with E-state index < -0.39 is 0 Å². The molecule has 0 atom stereocenters. The fraction of sp³-hybridized carbons (Fsp3) is 0. The highest BCUT2D eigenvalue weighted by molar-refractivity contribution is 6.27. The van der Waals surface area contributed by atoms with Gasteiger partial charge < -0.3 is 0 Å². The first-order valence-corrected chi connectivity index (χ1v) is 16.9. The van der Waals surface area contributed by atoms with Crippen molar-refractivity contribution in [2.75, 3.05) is 0 Å². The quantitative estimate of drug-likeness (QED) is 0.177. The second-order valence-corrected chi connectivity index (χ2v) is 12.9. The molecular formula is C47H29N3. The number of hydrogen-bond acceptors (Lipinski definition) is 3. The average molecular weight is 636 g/mol. The lowest BCUT2D eigenvalue weighted by Crippen LogP contribution is -1.90. The smallest absolute Gasteiger partial charge is 0.0346 e. The lowest BCUT2D eigenvalue weighted by atomic mass is 9.87. The van der Waals surface area contributed by atoms with Crippen LogP contribution in [0.25, 0.3) is 98.7 Å². The Balaban J connectivity index is 1.09. The minimum absolute atomic E-state index is 1.14. The summed E-state index contributed by atoms with van der Waals surface area (Å²) in [6.07, 6.45) is 11.2. The van der Waals surface area contributed by atoms with Crippen LogP contribution >= 0.6 is 0 Å². The molecule has 3 aromatic heterocycles. The van der Waals surface area contributed by atoms with Crippen LogP contribution in [0.5, 0.6) is 0 Å². The molecule has 0 N–H and O–H groups in total. The molecule has 0 spiro atoms. The maximum Gasteiger partial charge on any atom is 0.0346 e. The third-order valence-electron chi connectivity index (χ3n) is 10.1. The van der Waals surface area contributed by atoms with Crippen LogP contribution in [0.15, 0.2) is 177 Å². The number of hydrogen-bond donors (Lipinski definition) is 0. The molecule has 0 aliphatic rings. The first kappa shape index (κ1) is 28.3. The third kappa shape index (κ3) is 4.71.